The molecule has 0 radical (unpaired) electrons. The third kappa shape index (κ3) is 2.14. The molecule has 2 heterocycles. The molecule has 5 nitrogen and oxygen atoms in total. The lowest BCUT2D eigenvalue weighted by molar-refractivity contribution is 0.0528. The zero-order valence-electron chi connectivity index (χ0n) is 10.6. The summed E-state index contributed by atoms with van der Waals surface area (Å²) in [6, 6.07) is 2.10. The highest BCUT2D eigenvalue weighted by atomic mass is 79.9. The number of nitrogens with zero attached hydrogens (tertiary/aromatic N) is 3. The van der Waals surface area contributed by atoms with Crippen molar-refractivity contribution in [2.24, 2.45) is 0 Å². The molecule has 2 aromatic heterocycles. The Morgan fingerprint density at radius 2 is 2.37 bits per heavy atom. The number of carbonyl (C=O) groups is 1. The van der Waals surface area contributed by atoms with Crippen LogP contribution in [0.25, 0.3) is 11.0 Å². The Kier molecular flexibility index (Phi) is 3.26. The number of ether oxygens (including phenoxy) is 1. The lowest BCUT2D eigenvalue weighted by atomic mass is 9.93. The SMILES string of the molecule is CCOC(=O)c1cc(Br)nc2c1cnn2C1CCC1. The molecular formula is C13H14BrN3O2. The number of fused-ring (bicyclic) bond motifs is 1. The summed E-state index contributed by atoms with van der Waals surface area (Å²) in [7, 11) is 0. The van der Waals surface area contributed by atoms with Gasteiger partial charge in [-0.2, -0.15) is 5.10 Å². The second-order valence-corrected chi connectivity index (χ2v) is 5.44. The van der Waals surface area contributed by atoms with Crippen molar-refractivity contribution >= 4 is 32.9 Å². The Bertz CT molecular complexity index is 634. The Morgan fingerprint density at radius 1 is 1.58 bits per heavy atom. The number of hydrogen-bond acceptors (Lipinski definition) is 4. The van der Waals surface area contributed by atoms with Gasteiger partial charge in [0.05, 0.1) is 29.8 Å². The zero-order valence-corrected chi connectivity index (χ0v) is 12.2. The van der Waals surface area contributed by atoms with Crippen molar-refractivity contribution < 1.29 is 9.53 Å². The summed E-state index contributed by atoms with van der Waals surface area (Å²) < 4.78 is 7.63. The first kappa shape index (κ1) is 12.6. The van der Waals surface area contributed by atoms with Gasteiger partial charge in [-0.1, -0.05) is 0 Å². The largest absolute Gasteiger partial charge is 0.462 e. The van der Waals surface area contributed by atoms with Crippen molar-refractivity contribution in [3.8, 4) is 0 Å². The van der Waals surface area contributed by atoms with E-state index in [1.807, 2.05) is 4.68 Å². The van der Waals surface area contributed by atoms with Crippen LogP contribution >= 0.6 is 15.9 Å². The van der Waals surface area contributed by atoms with Crippen molar-refractivity contribution in [2.45, 2.75) is 32.2 Å². The van der Waals surface area contributed by atoms with Crippen LogP contribution in [0, 0.1) is 0 Å². The van der Waals surface area contributed by atoms with Crippen molar-refractivity contribution in [2.75, 3.05) is 6.61 Å². The fourth-order valence-corrected chi connectivity index (χ4v) is 2.66. The molecule has 0 atom stereocenters. The average Bonchev–Trinajstić information content (AvgIpc) is 2.70. The van der Waals surface area contributed by atoms with Crippen LogP contribution in [-0.2, 0) is 4.74 Å². The Labute approximate surface area is 119 Å². The van der Waals surface area contributed by atoms with Crippen LogP contribution in [0.3, 0.4) is 0 Å². The van der Waals surface area contributed by atoms with E-state index < -0.39 is 0 Å². The van der Waals surface area contributed by atoms with Gasteiger partial charge in [-0.05, 0) is 48.2 Å². The molecule has 0 unspecified atom stereocenters. The number of pyridine rings is 1. The van der Waals surface area contributed by atoms with Crippen LogP contribution in [0.5, 0.6) is 0 Å². The third-order valence-electron chi connectivity index (χ3n) is 3.45. The molecule has 0 aliphatic heterocycles. The summed E-state index contributed by atoms with van der Waals surface area (Å²) in [6.45, 7) is 2.15. The second-order valence-electron chi connectivity index (χ2n) is 4.62. The topological polar surface area (TPSA) is 57.0 Å². The number of aromatic nitrogens is 3. The minimum absolute atomic E-state index is 0.330. The van der Waals surface area contributed by atoms with Gasteiger partial charge in [0.1, 0.15) is 4.60 Å². The minimum atomic E-state index is -0.330. The van der Waals surface area contributed by atoms with Gasteiger partial charge in [0.25, 0.3) is 0 Å². The molecule has 6 heteroatoms. The highest BCUT2D eigenvalue weighted by molar-refractivity contribution is 9.10. The predicted molar refractivity (Wildman–Crippen MR) is 74.1 cm³/mol. The Balaban J connectivity index is 2.12. The maximum atomic E-state index is 12.0. The average molecular weight is 324 g/mol. The fraction of sp³-hybridized carbons (Fsp3) is 0.462. The zero-order chi connectivity index (χ0) is 13.4. The highest BCUT2D eigenvalue weighted by Crippen LogP contribution is 2.34. The minimum Gasteiger partial charge on any atom is -0.462 e. The fourth-order valence-electron chi connectivity index (χ4n) is 2.26. The molecule has 1 saturated carbocycles. The molecule has 0 aromatic carbocycles. The van der Waals surface area contributed by atoms with Gasteiger partial charge in [-0.15, -0.1) is 0 Å². The predicted octanol–water partition coefficient (Wildman–Crippen LogP) is 3.10. The van der Waals surface area contributed by atoms with Gasteiger partial charge in [-0.3, -0.25) is 0 Å². The van der Waals surface area contributed by atoms with Gasteiger partial charge < -0.3 is 4.74 Å². The normalized spacial score (nSPS) is 15.5. The number of carbonyl (C=O) groups excluding carboxylic acids is 1. The first-order valence-electron chi connectivity index (χ1n) is 6.41. The van der Waals surface area contributed by atoms with Gasteiger partial charge in [0.15, 0.2) is 5.65 Å². The van der Waals surface area contributed by atoms with E-state index in [4.69, 9.17) is 4.74 Å². The molecule has 1 aliphatic carbocycles. The summed E-state index contributed by atoms with van der Waals surface area (Å²) in [5.74, 6) is -0.330. The maximum absolute atomic E-state index is 12.0. The molecule has 0 N–H and O–H groups in total. The van der Waals surface area contributed by atoms with Gasteiger partial charge >= 0.3 is 5.97 Å². The number of hydrogen-bond donors (Lipinski definition) is 0. The van der Waals surface area contributed by atoms with Gasteiger partial charge in [-0.25, -0.2) is 14.5 Å². The molecule has 2 aromatic rings. The molecule has 19 heavy (non-hydrogen) atoms. The molecule has 0 bridgehead atoms. The van der Waals surface area contributed by atoms with Crippen molar-refractivity contribution in [3.63, 3.8) is 0 Å². The van der Waals surface area contributed by atoms with E-state index in [0.29, 0.717) is 22.8 Å². The van der Waals surface area contributed by atoms with Crippen LogP contribution in [0.4, 0.5) is 0 Å². The van der Waals surface area contributed by atoms with Crippen molar-refractivity contribution in [1.82, 2.24) is 14.8 Å². The summed E-state index contributed by atoms with van der Waals surface area (Å²) in [5, 5.41) is 5.15. The summed E-state index contributed by atoms with van der Waals surface area (Å²) in [6.07, 6.45) is 5.18. The molecule has 1 aliphatic rings. The van der Waals surface area contributed by atoms with E-state index in [-0.39, 0.29) is 5.97 Å². The first-order valence-corrected chi connectivity index (χ1v) is 7.21. The molecule has 0 amide bonds. The molecular weight excluding hydrogens is 310 g/mol. The second kappa shape index (κ2) is 4.92. The van der Waals surface area contributed by atoms with E-state index in [1.165, 1.54) is 6.42 Å². The van der Waals surface area contributed by atoms with Gasteiger partial charge in [0, 0.05) is 0 Å². The number of esters is 1. The Hall–Kier alpha value is -1.43. The Morgan fingerprint density at radius 3 is 3.00 bits per heavy atom. The quantitative estimate of drug-likeness (QED) is 0.643. The lowest BCUT2D eigenvalue weighted by Crippen LogP contribution is -2.18. The van der Waals surface area contributed by atoms with E-state index in [9.17, 15) is 4.79 Å². The molecule has 3 rings (SSSR count). The standard InChI is InChI=1S/C13H14BrN3O2/c1-2-19-13(18)9-6-11(14)16-12-10(9)7-15-17(12)8-4-3-5-8/h6-8H,2-5H2,1H3. The third-order valence-corrected chi connectivity index (χ3v) is 3.86. The maximum Gasteiger partial charge on any atom is 0.339 e. The highest BCUT2D eigenvalue weighted by Gasteiger charge is 2.24. The van der Waals surface area contributed by atoms with Crippen LogP contribution in [0.2, 0.25) is 0 Å². The van der Waals surface area contributed by atoms with Crippen LogP contribution in [0.15, 0.2) is 16.9 Å². The van der Waals surface area contributed by atoms with Gasteiger partial charge in [0.2, 0.25) is 0 Å². The van der Waals surface area contributed by atoms with Crippen LogP contribution in [0.1, 0.15) is 42.6 Å². The number of rotatable bonds is 3. The molecule has 0 spiro atoms. The summed E-state index contributed by atoms with van der Waals surface area (Å²) >= 11 is 3.35. The van der Waals surface area contributed by atoms with Crippen LogP contribution in [-0.4, -0.2) is 27.3 Å². The molecule has 1 fully saturated rings. The monoisotopic (exact) mass is 323 g/mol. The van der Waals surface area contributed by atoms with Crippen molar-refractivity contribution in [3.05, 3.63) is 22.4 Å². The molecule has 0 saturated heterocycles. The summed E-state index contributed by atoms with van der Waals surface area (Å²) in [5.41, 5.74) is 1.27. The molecule has 100 valence electrons. The van der Waals surface area contributed by atoms with E-state index in [0.717, 1.165) is 23.9 Å². The van der Waals surface area contributed by atoms with Crippen LogP contribution < -0.4 is 0 Å². The van der Waals surface area contributed by atoms with Crippen molar-refractivity contribution in [1.29, 1.82) is 0 Å². The smallest absolute Gasteiger partial charge is 0.339 e. The number of halogens is 1. The van der Waals surface area contributed by atoms with E-state index in [1.54, 1.807) is 19.2 Å². The lowest BCUT2D eigenvalue weighted by Gasteiger charge is -2.25. The van der Waals surface area contributed by atoms with E-state index >= 15 is 0 Å². The summed E-state index contributed by atoms with van der Waals surface area (Å²) in [4.78, 5) is 16.4. The van der Waals surface area contributed by atoms with E-state index in [2.05, 4.69) is 26.0 Å². The first-order chi connectivity index (χ1) is 9.20.